The second kappa shape index (κ2) is 6.54. The fourth-order valence-electron chi connectivity index (χ4n) is 2.19. The highest BCUT2D eigenvalue weighted by molar-refractivity contribution is 7.89. The number of hydrogen-bond donors (Lipinski definition) is 2. The van der Waals surface area contributed by atoms with Gasteiger partial charge in [0.15, 0.2) is 0 Å². The normalized spacial score (nSPS) is 16.6. The van der Waals surface area contributed by atoms with Gasteiger partial charge in [-0.2, -0.15) is 0 Å². The van der Waals surface area contributed by atoms with Gasteiger partial charge in [-0.3, -0.25) is 4.79 Å². The number of carbonyl (C=O) groups excluding carboxylic acids is 1. The molecule has 0 atom stereocenters. The molecule has 2 rings (SSSR count). The summed E-state index contributed by atoms with van der Waals surface area (Å²) in [6.45, 7) is 1.72. The molecule has 0 heterocycles. The number of nitrogens with one attached hydrogen (secondary N) is 1. The number of hydrogen-bond acceptors (Lipinski definition) is 4. The molecule has 3 N–H and O–H groups in total. The quantitative estimate of drug-likeness (QED) is 0.863. The molecule has 1 saturated carbocycles. The number of benzene rings is 1. The van der Waals surface area contributed by atoms with E-state index >= 15 is 0 Å². The molecule has 0 aromatic heterocycles. The molecule has 0 aliphatic heterocycles. The summed E-state index contributed by atoms with van der Waals surface area (Å²) < 4.78 is 25.6. The zero-order valence-corrected chi connectivity index (χ0v) is 14.6. The van der Waals surface area contributed by atoms with E-state index in [1.165, 1.54) is 20.2 Å². The predicted octanol–water partition coefficient (Wildman–Crippen LogP) is 1.49. The van der Waals surface area contributed by atoms with Gasteiger partial charge in [0.25, 0.3) is 0 Å². The van der Waals surface area contributed by atoms with Crippen molar-refractivity contribution in [3.05, 3.63) is 23.8 Å². The van der Waals surface area contributed by atoms with Gasteiger partial charge < -0.3 is 11.1 Å². The molecule has 22 heavy (non-hydrogen) atoms. The van der Waals surface area contributed by atoms with Crippen LogP contribution < -0.4 is 11.1 Å². The largest absolute Gasteiger partial charge is 0.324 e. The van der Waals surface area contributed by atoms with Gasteiger partial charge in [-0.1, -0.05) is 6.07 Å². The molecule has 1 aliphatic carbocycles. The first-order valence-electron chi connectivity index (χ1n) is 6.80. The third-order valence-electron chi connectivity index (χ3n) is 3.90. The first kappa shape index (κ1) is 18.9. The fourth-order valence-corrected chi connectivity index (χ4v) is 3.34. The average Bonchev–Trinajstić information content (AvgIpc) is 2.37. The summed E-state index contributed by atoms with van der Waals surface area (Å²) in [6.07, 6.45) is 2.26. The number of aryl methyl sites for hydroxylation is 1. The molecule has 0 unspecified atom stereocenters. The van der Waals surface area contributed by atoms with E-state index in [0.717, 1.165) is 10.7 Å². The van der Waals surface area contributed by atoms with E-state index in [9.17, 15) is 13.2 Å². The number of sulfonamides is 1. The van der Waals surface area contributed by atoms with Gasteiger partial charge in [-0.15, -0.1) is 12.4 Å². The predicted molar refractivity (Wildman–Crippen MR) is 88.7 cm³/mol. The maximum Gasteiger partial charge on any atom is 0.244 e. The zero-order chi connectivity index (χ0) is 15.8. The van der Waals surface area contributed by atoms with Crippen LogP contribution in [0, 0.1) is 6.92 Å². The van der Waals surface area contributed by atoms with E-state index in [1.54, 1.807) is 19.1 Å². The summed E-state index contributed by atoms with van der Waals surface area (Å²) in [4.78, 5) is 12.3. The molecular formula is C14H22ClN3O3S. The highest BCUT2D eigenvalue weighted by Crippen LogP contribution is 2.31. The van der Waals surface area contributed by atoms with Gasteiger partial charge in [0.2, 0.25) is 15.9 Å². The minimum atomic E-state index is -3.54. The second-order valence-corrected chi connectivity index (χ2v) is 7.85. The maximum absolute atomic E-state index is 12.2. The molecule has 1 amide bonds. The standard InChI is InChI=1S/C14H21N3O3S.ClH/c1-10-5-6-11(9-12(10)21(19,20)17(2)3)16-13(18)14(15)7-4-8-14;/h5-6,9H,4,7-8,15H2,1-3H3,(H,16,18);1H. The summed E-state index contributed by atoms with van der Waals surface area (Å²) in [5.74, 6) is -0.259. The minimum Gasteiger partial charge on any atom is -0.324 e. The van der Waals surface area contributed by atoms with Crippen molar-refractivity contribution in [2.45, 2.75) is 36.6 Å². The first-order chi connectivity index (χ1) is 9.67. The zero-order valence-electron chi connectivity index (χ0n) is 12.9. The lowest BCUT2D eigenvalue weighted by molar-refractivity contribution is -0.123. The lowest BCUT2D eigenvalue weighted by atomic mass is 9.77. The highest BCUT2D eigenvalue weighted by atomic mass is 35.5. The fraction of sp³-hybridized carbons (Fsp3) is 0.500. The Morgan fingerprint density at radius 1 is 1.32 bits per heavy atom. The third kappa shape index (κ3) is 3.43. The van der Waals surface area contributed by atoms with E-state index in [0.29, 0.717) is 24.1 Å². The topological polar surface area (TPSA) is 92.5 Å². The smallest absolute Gasteiger partial charge is 0.244 e. The van der Waals surface area contributed by atoms with Gasteiger partial charge in [0.05, 0.1) is 10.4 Å². The number of nitrogens with zero attached hydrogens (tertiary/aromatic N) is 1. The number of anilines is 1. The van der Waals surface area contributed by atoms with Crippen molar-refractivity contribution in [1.82, 2.24) is 4.31 Å². The summed E-state index contributed by atoms with van der Waals surface area (Å²) >= 11 is 0. The Hall–Kier alpha value is -1.15. The van der Waals surface area contributed by atoms with Crippen LogP contribution in [0.5, 0.6) is 0 Å². The number of amides is 1. The summed E-state index contributed by atoms with van der Waals surface area (Å²) in [7, 11) is -0.591. The molecule has 8 heteroatoms. The van der Waals surface area contributed by atoms with E-state index in [2.05, 4.69) is 5.32 Å². The van der Waals surface area contributed by atoms with Crippen molar-refractivity contribution in [1.29, 1.82) is 0 Å². The summed E-state index contributed by atoms with van der Waals surface area (Å²) in [6, 6.07) is 4.84. The minimum absolute atomic E-state index is 0. The van der Waals surface area contributed by atoms with Gasteiger partial charge in [0, 0.05) is 19.8 Å². The van der Waals surface area contributed by atoms with Crippen molar-refractivity contribution in [2.24, 2.45) is 5.73 Å². The molecular weight excluding hydrogens is 326 g/mol. The van der Waals surface area contributed by atoms with Crippen LogP contribution >= 0.6 is 12.4 Å². The van der Waals surface area contributed by atoms with Crippen LogP contribution in [0.2, 0.25) is 0 Å². The molecule has 1 fully saturated rings. The van der Waals surface area contributed by atoms with Crippen molar-refractivity contribution >= 4 is 34.0 Å². The Balaban J connectivity index is 0.00000242. The Labute approximate surface area is 137 Å². The molecule has 124 valence electrons. The molecule has 0 bridgehead atoms. The van der Waals surface area contributed by atoms with E-state index in [4.69, 9.17) is 5.73 Å². The number of carbonyl (C=O) groups is 1. The molecule has 0 saturated heterocycles. The van der Waals surface area contributed by atoms with Crippen molar-refractivity contribution < 1.29 is 13.2 Å². The van der Waals surface area contributed by atoms with Gasteiger partial charge in [-0.05, 0) is 43.9 Å². The maximum atomic E-state index is 12.2. The Kier molecular flexibility index (Phi) is 5.61. The second-order valence-electron chi connectivity index (χ2n) is 5.73. The Bertz CT molecular complexity index is 670. The molecule has 6 nitrogen and oxygen atoms in total. The van der Waals surface area contributed by atoms with Crippen LogP contribution in [-0.4, -0.2) is 38.3 Å². The molecule has 1 aliphatic rings. The van der Waals surface area contributed by atoms with E-state index < -0.39 is 15.6 Å². The van der Waals surface area contributed by atoms with Crippen LogP contribution in [0.15, 0.2) is 23.1 Å². The molecule has 0 spiro atoms. The monoisotopic (exact) mass is 347 g/mol. The number of rotatable bonds is 4. The van der Waals surface area contributed by atoms with Crippen LogP contribution in [0.4, 0.5) is 5.69 Å². The average molecular weight is 348 g/mol. The van der Waals surface area contributed by atoms with Crippen molar-refractivity contribution in [3.63, 3.8) is 0 Å². The number of halogens is 1. The molecule has 1 aromatic carbocycles. The lowest BCUT2D eigenvalue weighted by Crippen LogP contribution is -2.56. The highest BCUT2D eigenvalue weighted by Gasteiger charge is 2.40. The van der Waals surface area contributed by atoms with Crippen LogP contribution in [0.1, 0.15) is 24.8 Å². The molecule has 0 radical (unpaired) electrons. The SMILES string of the molecule is Cc1ccc(NC(=O)C2(N)CCC2)cc1S(=O)(=O)N(C)C.Cl. The Morgan fingerprint density at radius 2 is 1.91 bits per heavy atom. The van der Waals surface area contributed by atoms with E-state index in [1.807, 2.05) is 0 Å². The number of nitrogens with two attached hydrogens (primary N) is 1. The Morgan fingerprint density at radius 3 is 2.36 bits per heavy atom. The summed E-state index contributed by atoms with van der Waals surface area (Å²) in [5.41, 5.74) is 6.22. The molecule has 1 aromatic rings. The van der Waals surface area contributed by atoms with Gasteiger partial charge in [-0.25, -0.2) is 12.7 Å². The van der Waals surface area contributed by atoms with Gasteiger partial charge >= 0.3 is 0 Å². The van der Waals surface area contributed by atoms with Crippen molar-refractivity contribution in [2.75, 3.05) is 19.4 Å². The van der Waals surface area contributed by atoms with Crippen molar-refractivity contribution in [3.8, 4) is 0 Å². The lowest BCUT2D eigenvalue weighted by Gasteiger charge is -2.36. The van der Waals surface area contributed by atoms with Crippen LogP contribution in [-0.2, 0) is 14.8 Å². The summed E-state index contributed by atoms with van der Waals surface area (Å²) in [5, 5.41) is 2.72. The van der Waals surface area contributed by atoms with Gasteiger partial charge in [0.1, 0.15) is 0 Å². The van der Waals surface area contributed by atoms with E-state index in [-0.39, 0.29) is 23.2 Å². The third-order valence-corrected chi connectivity index (χ3v) is 5.86. The first-order valence-corrected chi connectivity index (χ1v) is 8.24. The van der Waals surface area contributed by atoms with Crippen LogP contribution in [0.3, 0.4) is 0 Å². The van der Waals surface area contributed by atoms with Crippen LogP contribution in [0.25, 0.3) is 0 Å².